The first kappa shape index (κ1) is 25.5. The van der Waals surface area contributed by atoms with Crippen LogP contribution in [0.15, 0.2) is 18.2 Å². The number of nitrogens with zero attached hydrogens (tertiary/aromatic N) is 2. The Morgan fingerprint density at radius 3 is 2.47 bits per heavy atom. The average Bonchev–Trinajstić information content (AvgIpc) is 3.19. The maximum atomic E-state index is 12.8. The zero-order valence-electron chi connectivity index (χ0n) is 22.6. The molecule has 3 N–H and O–H groups in total. The summed E-state index contributed by atoms with van der Waals surface area (Å²) in [5, 5.41) is 14.9. The molecule has 1 unspecified atom stereocenters. The van der Waals surface area contributed by atoms with Crippen molar-refractivity contribution in [1.29, 1.82) is 0 Å². The summed E-state index contributed by atoms with van der Waals surface area (Å²) in [7, 11) is 1.82. The second kappa shape index (κ2) is 10.4. The second-order valence-corrected chi connectivity index (χ2v) is 12.6. The number of carbonyl (C=O) groups is 3. The summed E-state index contributed by atoms with van der Waals surface area (Å²) in [4.78, 5) is 36.7. The van der Waals surface area contributed by atoms with Gasteiger partial charge in [-0.3, -0.25) is 24.4 Å². The summed E-state index contributed by atoms with van der Waals surface area (Å²) >= 11 is 0. The summed E-state index contributed by atoms with van der Waals surface area (Å²) in [6.45, 7) is 1.11. The molecule has 204 valence electrons. The predicted octanol–water partition coefficient (Wildman–Crippen LogP) is 4.54. The van der Waals surface area contributed by atoms with E-state index in [1.807, 2.05) is 25.2 Å². The topological polar surface area (TPSA) is 105 Å². The smallest absolute Gasteiger partial charge is 0.235 e. The number of nitrogens with one attached hydrogen (secondary N) is 3. The number of piperidine rings is 1. The van der Waals surface area contributed by atoms with E-state index < -0.39 is 5.92 Å². The van der Waals surface area contributed by atoms with Crippen molar-refractivity contribution < 1.29 is 14.4 Å². The van der Waals surface area contributed by atoms with Crippen LogP contribution in [-0.4, -0.2) is 39.6 Å². The van der Waals surface area contributed by atoms with Gasteiger partial charge in [0.1, 0.15) is 0 Å². The molecule has 1 saturated heterocycles. The van der Waals surface area contributed by atoms with Gasteiger partial charge in [-0.05, 0) is 88.2 Å². The van der Waals surface area contributed by atoms with E-state index in [1.165, 1.54) is 44.9 Å². The number of imide groups is 1. The van der Waals surface area contributed by atoms with Gasteiger partial charge in [0, 0.05) is 30.8 Å². The lowest BCUT2D eigenvalue weighted by atomic mass is 9.53. The molecular formula is C30H41N5O3. The molecule has 4 saturated carbocycles. The Kier molecular flexibility index (Phi) is 7.01. The van der Waals surface area contributed by atoms with Crippen LogP contribution >= 0.6 is 0 Å². The Morgan fingerprint density at radius 1 is 1.05 bits per heavy atom. The number of unbranched alkanes of at least 4 members (excludes halogenated alkanes) is 3. The Balaban J connectivity index is 0.961. The minimum absolute atomic E-state index is 0.00736. The molecule has 38 heavy (non-hydrogen) atoms. The molecule has 5 fully saturated rings. The number of hydrogen-bond acceptors (Lipinski definition) is 5. The highest BCUT2D eigenvalue weighted by atomic mass is 16.2. The standard InChI is InChI=1S/C30H41N5O3/c1-35-28-22(27(34-35)23-10-11-26(37)33-29(23)38)7-6-8-24(28)32-25(36)9-4-2-3-5-12-31-30-16-19-13-20(17-30)15-21(14-19)18-30/h6-8,19-21,23,31H,2-5,9-18H2,1H3,(H,32,36)(H,33,37,38). The van der Waals surface area contributed by atoms with E-state index in [0.29, 0.717) is 36.2 Å². The molecule has 1 aromatic carbocycles. The normalized spacial score (nSPS) is 30.1. The highest BCUT2D eigenvalue weighted by Crippen LogP contribution is 2.55. The molecule has 4 bridgehead atoms. The van der Waals surface area contributed by atoms with Crippen molar-refractivity contribution in [2.45, 2.75) is 94.9 Å². The fraction of sp³-hybridized carbons (Fsp3) is 0.667. The van der Waals surface area contributed by atoms with Crippen molar-refractivity contribution in [2.75, 3.05) is 11.9 Å². The molecule has 7 rings (SSSR count). The number of carbonyl (C=O) groups excluding carboxylic acids is 3. The van der Waals surface area contributed by atoms with Gasteiger partial charge in [-0.25, -0.2) is 0 Å². The number of aryl methyl sites for hydroxylation is 1. The number of para-hydroxylation sites is 1. The lowest BCUT2D eigenvalue weighted by Crippen LogP contribution is -2.58. The van der Waals surface area contributed by atoms with E-state index >= 15 is 0 Å². The summed E-state index contributed by atoms with van der Waals surface area (Å²) in [6, 6.07) is 5.69. The maximum Gasteiger partial charge on any atom is 0.235 e. The third kappa shape index (κ3) is 5.12. The van der Waals surface area contributed by atoms with E-state index in [-0.39, 0.29) is 17.7 Å². The average molecular weight is 520 g/mol. The van der Waals surface area contributed by atoms with Crippen LogP contribution in [0.1, 0.15) is 95.1 Å². The number of benzene rings is 1. The molecule has 2 aromatic rings. The number of aromatic nitrogens is 2. The van der Waals surface area contributed by atoms with Crippen molar-refractivity contribution in [3.63, 3.8) is 0 Å². The molecule has 1 aliphatic heterocycles. The summed E-state index contributed by atoms with van der Waals surface area (Å²) < 4.78 is 1.72. The van der Waals surface area contributed by atoms with Gasteiger partial charge >= 0.3 is 0 Å². The Labute approximate surface area is 224 Å². The van der Waals surface area contributed by atoms with Gasteiger partial charge in [0.2, 0.25) is 17.7 Å². The first-order valence-corrected chi connectivity index (χ1v) is 14.7. The summed E-state index contributed by atoms with van der Waals surface area (Å²) in [5.74, 6) is 1.95. The number of fused-ring (bicyclic) bond motifs is 1. The van der Waals surface area contributed by atoms with Crippen LogP contribution in [-0.2, 0) is 21.4 Å². The SMILES string of the molecule is Cn1nc(C2CCC(=O)NC2=O)c2cccc(NC(=O)CCCCCCNC34CC5CC(CC(C5)C3)C4)c21. The minimum atomic E-state index is -0.459. The lowest BCUT2D eigenvalue weighted by Gasteiger charge is -2.57. The van der Waals surface area contributed by atoms with E-state index in [0.717, 1.165) is 54.5 Å². The first-order valence-electron chi connectivity index (χ1n) is 14.7. The number of anilines is 1. The van der Waals surface area contributed by atoms with E-state index in [1.54, 1.807) is 4.68 Å². The summed E-state index contributed by atoms with van der Waals surface area (Å²) in [5.41, 5.74) is 2.61. The van der Waals surface area contributed by atoms with Gasteiger partial charge in [-0.15, -0.1) is 0 Å². The van der Waals surface area contributed by atoms with Gasteiger partial charge in [-0.1, -0.05) is 25.0 Å². The maximum absolute atomic E-state index is 12.8. The van der Waals surface area contributed by atoms with Crippen molar-refractivity contribution in [1.82, 2.24) is 20.4 Å². The third-order valence-electron chi connectivity index (χ3n) is 9.61. The molecular weight excluding hydrogens is 478 g/mol. The number of amides is 3. The highest BCUT2D eigenvalue weighted by molar-refractivity contribution is 6.05. The van der Waals surface area contributed by atoms with Crippen LogP contribution in [0.4, 0.5) is 5.69 Å². The molecule has 0 spiro atoms. The minimum Gasteiger partial charge on any atom is -0.324 e. The van der Waals surface area contributed by atoms with Gasteiger partial charge in [0.05, 0.1) is 22.8 Å². The van der Waals surface area contributed by atoms with Crippen molar-refractivity contribution in [2.24, 2.45) is 24.8 Å². The molecule has 1 aromatic heterocycles. The zero-order chi connectivity index (χ0) is 26.3. The van der Waals surface area contributed by atoms with Crippen molar-refractivity contribution in [3.05, 3.63) is 23.9 Å². The fourth-order valence-electron chi connectivity index (χ4n) is 8.33. The van der Waals surface area contributed by atoms with Crippen molar-refractivity contribution in [3.8, 4) is 0 Å². The Hall–Kier alpha value is -2.74. The molecule has 0 radical (unpaired) electrons. The van der Waals surface area contributed by atoms with Gasteiger partial charge in [-0.2, -0.15) is 5.10 Å². The van der Waals surface area contributed by atoms with Crippen molar-refractivity contribution >= 4 is 34.3 Å². The molecule has 5 aliphatic rings. The van der Waals surface area contributed by atoms with Gasteiger partial charge < -0.3 is 10.6 Å². The van der Waals surface area contributed by atoms with Gasteiger partial charge in [0.15, 0.2) is 0 Å². The Morgan fingerprint density at radius 2 is 1.76 bits per heavy atom. The van der Waals surface area contributed by atoms with E-state index in [4.69, 9.17) is 0 Å². The quantitative estimate of drug-likeness (QED) is 0.316. The van der Waals surface area contributed by atoms with Crippen LogP contribution in [0.5, 0.6) is 0 Å². The molecule has 4 aliphatic carbocycles. The highest BCUT2D eigenvalue weighted by Gasteiger charge is 2.50. The molecule has 8 nitrogen and oxygen atoms in total. The Bertz CT molecular complexity index is 1200. The van der Waals surface area contributed by atoms with Crippen LogP contribution < -0.4 is 16.0 Å². The molecule has 1 atom stereocenters. The van der Waals surface area contributed by atoms with Crippen LogP contribution in [0, 0.1) is 17.8 Å². The van der Waals surface area contributed by atoms with Crippen LogP contribution in [0.2, 0.25) is 0 Å². The molecule has 8 heteroatoms. The second-order valence-electron chi connectivity index (χ2n) is 12.6. The van der Waals surface area contributed by atoms with E-state index in [9.17, 15) is 14.4 Å². The monoisotopic (exact) mass is 519 g/mol. The predicted molar refractivity (Wildman–Crippen MR) is 146 cm³/mol. The molecule has 3 amide bonds. The van der Waals surface area contributed by atoms with Crippen LogP contribution in [0.25, 0.3) is 10.9 Å². The summed E-state index contributed by atoms with van der Waals surface area (Å²) in [6.07, 6.45) is 14.2. The number of rotatable bonds is 10. The van der Waals surface area contributed by atoms with Crippen LogP contribution in [0.3, 0.4) is 0 Å². The van der Waals surface area contributed by atoms with E-state index in [2.05, 4.69) is 21.0 Å². The lowest BCUT2D eigenvalue weighted by molar-refractivity contribution is -0.134. The molecule has 2 heterocycles. The fourth-order valence-corrected chi connectivity index (χ4v) is 8.33. The third-order valence-corrected chi connectivity index (χ3v) is 9.61. The first-order chi connectivity index (χ1) is 18.4. The number of hydrogen-bond donors (Lipinski definition) is 3. The zero-order valence-corrected chi connectivity index (χ0v) is 22.6. The van der Waals surface area contributed by atoms with Gasteiger partial charge in [0.25, 0.3) is 0 Å². The largest absolute Gasteiger partial charge is 0.324 e.